The molecule has 0 bridgehead atoms. The minimum absolute atomic E-state index is 0.0537. The molecule has 5 heteroatoms. The van der Waals surface area contributed by atoms with Gasteiger partial charge in [-0.2, -0.15) is 0 Å². The lowest BCUT2D eigenvalue weighted by molar-refractivity contribution is 0.425. The van der Waals surface area contributed by atoms with E-state index in [4.69, 9.17) is 0 Å². The van der Waals surface area contributed by atoms with Crippen molar-refractivity contribution in [3.63, 3.8) is 0 Å². The van der Waals surface area contributed by atoms with Crippen LogP contribution >= 0.6 is 0 Å². The molecule has 0 radical (unpaired) electrons. The summed E-state index contributed by atoms with van der Waals surface area (Å²) in [5, 5.41) is 6.72. The third-order valence-electron chi connectivity index (χ3n) is 2.82. The monoisotopic (exact) mass is 279 g/mol. The maximum atomic E-state index is 4.63. The quantitative estimate of drug-likeness (QED) is 0.803. The van der Waals surface area contributed by atoms with Gasteiger partial charge in [0.15, 0.2) is 0 Å². The molecule has 0 spiro atoms. The second-order valence-electron chi connectivity index (χ2n) is 6.37. The van der Waals surface area contributed by atoms with Gasteiger partial charge in [-0.1, -0.05) is 27.7 Å². The Hall–Kier alpha value is -1.36. The number of hydrogen-bond donors (Lipinski definition) is 2. The van der Waals surface area contributed by atoms with E-state index in [0.717, 1.165) is 43.5 Å². The van der Waals surface area contributed by atoms with Crippen LogP contribution in [0.1, 0.15) is 39.9 Å². The summed E-state index contributed by atoms with van der Waals surface area (Å²) in [5.41, 5.74) is -0.0537. The van der Waals surface area contributed by atoms with Gasteiger partial charge in [0.1, 0.15) is 17.5 Å². The van der Waals surface area contributed by atoms with E-state index in [9.17, 15) is 0 Å². The van der Waals surface area contributed by atoms with Crippen molar-refractivity contribution >= 4 is 11.6 Å². The first-order chi connectivity index (χ1) is 9.32. The third-order valence-corrected chi connectivity index (χ3v) is 2.82. The summed E-state index contributed by atoms with van der Waals surface area (Å²) in [6.07, 6.45) is 1.08. The predicted molar refractivity (Wildman–Crippen MR) is 86.6 cm³/mol. The highest BCUT2D eigenvalue weighted by Gasteiger charge is 2.19. The first kappa shape index (κ1) is 16.7. The van der Waals surface area contributed by atoms with E-state index in [1.807, 2.05) is 6.07 Å². The maximum absolute atomic E-state index is 4.63. The van der Waals surface area contributed by atoms with Gasteiger partial charge in [0.05, 0.1) is 0 Å². The van der Waals surface area contributed by atoms with Gasteiger partial charge in [0.25, 0.3) is 0 Å². The summed E-state index contributed by atoms with van der Waals surface area (Å²) >= 11 is 0. The lowest BCUT2D eigenvalue weighted by Crippen LogP contribution is -2.23. The van der Waals surface area contributed by atoms with Gasteiger partial charge in [-0.15, -0.1) is 0 Å². The molecule has 1 rings (SSSR count). The van der Waals surface area contributed by atoms with Crippen LogP contribution in [0.25, 0.3) is 0 Å². The number of aromatic nitrogens is 2. The number of hydrogen-bond acceptors (Lipinski definition) is 5. The van der Waals surface area contributed by atoms with Crippen LogP contribution in [0.3, 0.4) is 0 Å². The molecular weight excluding hydrogens is 250 g/mol. The van der Waals surface area contributed by atoms with E-state index in [2.05, 4.69) is 67.3 Å². The zero-order chi connectivity index (χ0) is 15.2. The fourth-order valence-electron chi connectivity index (χ4n) is 1.62. The van der Waals surface area contributed by atoms with Gasteiger partial charge in [0.2, 0.25) is 0 Å². The van der Waals surface area contributed by atoms with Crippen LogP contribution in [0.4, 0.5) is 11.6 Å². The second-order valence-corrected chi connectivity index (χ2v) is 6.37. The van der Waals surface area contributed by atoms with Gasteiger partial charge in [-0.3, -0.25) is 0 Å². The Morgan fingerprint density at radius 1 is 1.05 bits per heavy atom. The molecule has 1 aromatic heterocycles. The molecule has 0 unspecified atom stereocenters. The largest absolute Gasteiger partial charge is 0.370 e. The van der Waals surface area contributed by atoms with E-state index in [0.29, 0.717) is 0 Å². The molecule has 0 aliphatic heterocycles. The summed E-state index contributed by atoms with van der Waals surface area (Å²) in [7, 11) is 4.13. The molecular formula is C15H29N5. The molecule has 5 nitrogen and oxygen atoms in total. The Kier molecular flexibility index (Phi) is 6.20. The van der Waals surface area contributed by atoms with Crippen LogP contribution in [0.15, 0.2) is 6.07 Å². The molecule has 1 heterocycles. The summed E-state index contributed by atoms with van der Waals surface area (Å²) in [6, 6.07) is 1.99. The molecule has 0 aliphatic carbocycles. The van der Waals surface area contributed by atoms with Gasteiger partial charge in [-0.25, -0.2) is 9.97 Å². The number of rotatable bonds is 7. The maximum Gasteiger partial charge on any atom is 0.138 e. The van der Waals surface area contributed by atoms with Crippen molar-refractivity contribution < 1.29 is 0 Å². The number of nitrogens with zero attached hydrogens (tertiary/aromatic N) is 3. The second kappa shape index (κ2) is 7.43. The molecule has 0 aliphatic rings. The van der Waals surface area contributed by atoms with Crippen molar-refractivity contribution in [3.8, 4) is 0 Å². The molecule has 0 aromatic carbocycles. The Bertz CT molecular complexity index is 409. The van der Waals surface area contributed by atoms with E-state index in [1.54, 1.807) is 0 Å². The molecule has 20 heavy (non-hydrogen) atoms. The van der Waals surface area contributed by atoms with Crippen molar-refractivity contribution in [2.75, 3.05) is 44.4 Å². The van der Waals surface area contributed by atoms with Gasteiger partial charge < -0.3 is 15.5 Å². The average molecular weight is 279 g/mol. The molecule has 114 valence electrons. The van der Waals surface area contributed by atoms with Crippen molar-refractivity contribution in [3.05, 3.63) is 11.9 Å². The molecule has 1 aromatic rings. The van der Waals surface area contributed by atoms with Crippen molar-refractivity contribution in [2.24, 2.45) is 0 Å². The Morgan fingerprint density at radius 2 is 1.60 bits per heavy atom. The minimum atomic E-state index is -0.0537. The zero-order valence-electron chi connectivity index (χ0n) is 13.7. The number of anilines is 2. The summed E-state index contributed by atoms with van der Waals surface area (Å²) in [5.74, 6) is 2.66. The van der Waals surface area contributed by atoms with Gasteiger partial charge in [-0.05, 0) is 20.5 Å². The SMILES string of the molecule is CCCNc1cc(NCCN(C)C)nc(C(C)(C)C)n1. The Morgan fingerprint density at radius 3 is 2.05 bits per heavy atom. The number of nitrogens with one attached hydrogen (secondary N) is 2. The Balaban J connectivity index is 2.86. The first-order valence-electron chi connectivity index (χ1n) is 7.35. The zero-order valence-corrected chi connectivity index (χ0v) is 13.7. The molecule has 0 saturated heterocycles. The van der Waals surface area contributed by atoms with E-state index in [-0.39, 0.29) is 5.41 Å². The summed E-state index contributed by atoms with van der Waals surface area (Å²) < 4.78 is 0. The van der Waals surface area contributed by atoms with E-state index in [1.165, 1.54) is 0 Å². The van der Waals surface area contributed by atoms with Gasteiger partial charge >= 0.3 is 0 Å². The highest BCUT2D eigenvalue weighted by Crippen LogP contribution is 2.22. The van der Waals surface area contributed by atoms with Gasteiger partial charge in [0, 0.05) is 31.1 Å². The number of likely N-dealkylation sites (N-methyl/N-ethyl adjacent to an activating group) is 1. The molecule has 2 N–H and O–H groups in total. The summed E-state index contributed by atoms with van der Waals surface area (Å²) in [4.78, 5) is 11.4. The fourth-order valence-corrected chi connectivity index (χ4v) is 1.62. The highest BCUT2D eigenvalue weighted by atomic mass is 15.1. The topological polar surface area (TPSA) is 53.1 Å². The fraction of sp³-hybridized carbons (Fsp3) is 0.733. The van der Waals surface area contributed by atoms with Crippen LogP contribution in [-0.2, 0) is 5.41 Å². The third kappa shape index (κ3) is 5.74. The van der Waals surface area contributed by atoms with Crippen molar-refractivity contribution in [2.45, 2.75) is 39.5 Å². The van der Waals surface area contributed by atoms with Crippen LogP contribution in [0.5, 0.6) is 0 Å². The highest BCUT2D eigenvalue weighted by molar-refractivity contribution is 5.48. The lowest BCUT2D eigenvalue weighted by atomic mass is 9.96. The molecule has 0 atom stereocenters. The van der Waals surface area contributed by atoms with Crippen LogP contribution in [0, 0.1) is 0 Å². The first-order valence-corrected chi connectivity index (χ1v) is 7.35. The standard InChI is InChI=1S/C15H29N5/c1-7-8-16-12-11-13(17-9-10-20(5)6)19-14(18-12)15(2,3)4/h11H,7-10H2,1-6H3,(H2,16,17,18,19). The Labute approximate surface area is 123 Å². The molecule has 0 saturated carbocycles. The van der Waals surface area contributed by atoms with Crippen LogP contribution < -0.4 is 10.6 Å². The van der Waals surface area contributed by atoms with Crippen molar-refractivity contribution in [1.29, 1.82) is 0 Å². The summed E-state index contributed by atoms with van der Waals surface area (Å²) in [6.45, 7) is 11.3. The van der Waals surface area contributed by atoms with Crippen LogP contribution in [-0.4, -0.2) is 48.6 Å². The smallest absolute Gasteiger partial charge is 0.138 e. The molecule has 0 fully saturated rings. The van der Waals surface area contributed by atoms with E-state index >= 15 is 0 Å². The van der Waals surface area contributed by atoms with Crippen LogP contribution in [0.2, 0.25) is 0 Å². The normalized spacial score (nSPS) is 11.8. The lowest BCUT2D eigenvalue weighted by Gasteiger charge is -2.19. The average Bonchev–Trinajstić information content (AvgIpc) is 2.34. The molecule has 0 amide bonds. The van der Waals surface area contributed by atoms with Crippen molar-refractivity contribution in [1.82, 2.24) is 14.9 Å². The minimum Gasteiger partial charge on any atom is -0.370 e. The predicted octanol–water partition coefficient (Wildman–Crippen LogP) is 2.57. The van der Waals surface area contributed by atoms with E-state index < -0.39 is 0 Å².